The van der Waals surface area contributed by atoms with E-state index in [9.17, 15) is 0 Å². The molecule has 16 aromatic rings. The molecule has 0 atom stereocenters. The van der Waals surface area contributed by atoms with Crippen LogP contribution < -0.4 is 0 Å². The number of nitrogens with zero attached hydrogens (tertiary/aromatic N) is 13. The fourth-order valence-electron chi connectivity index (χ4n) is 12.9. The van der Waals surface area contributed by atoms with Gasteiger partial charge in [-0.1, -0.05) is 189 Å². The Labute approximate surface area is 688 Å². The van der Waals surface area contributed by atoms with E-state index in [1.165, 1.54) is 61.2 Å². The average molecular weight is 2280 g/mol. The Bertz CT molecular complexity index is 5250. The van der Waals surface area contributed by atoms with Gasteiger partial charge in [-0.15, -0.1) is 159 Å². The van der Waals surface area contributed by atoms with E-state index in [0.717, 1.165) is 73.2 Å². The van der Waals surface area contributed by atoms with Crippen LogP contribution in [-0.2, 0) is 141 Å². The van der Waals surface area contributed by atoms with E-state index in [1.807, 2.05) is 176 Å². The van der Waals surface area contributed by atoms with Gasteiger partial charge in [0.2, 0.25) is 0 Å². The largest absolute Gasteiger partial charge is 0.350 e. The van der Waals surface area contributed by atoms with E-state index in [-0.39, 0.29) is 112 Å². The second-order valence-electron chi connectivity index (χ2n) is 25.9. The van der Waals surface area contributed by atoms with Gasteiger partial charge in [-0.05, 0) is 75.9 Å². The molecule has 18 heteroatoms. The first-order valence-electron chi connectivity index (χ1n) is 33.4. The Morgan fingerprint density at radius 1 is 0.311 bits per heavy atom. The van der Waals surface area contributed by atoms with Crippen molar-refractivity contribution in [3.05, 3.63) is 346 Å². The molecule has 540 valence electrons. The predicted molar refractivity (Wildman–Crippen MR) is 403 cm³/mol. The monoisotopic (exact) mass is 2280 g/mol. The summed E-state index contributed by atoms with van der Waals surface area (Å²) in [7, 11) is 7.70. The van der Waals surface area contributed by atoms with Crippen molar-refractivity contribution >= 4 is 0 Å². The van der Waals surface area contributed by atoms with Crippen LogP contribution >= 0.6 is 0 Å². The number of para-hydroxylation sites is 1. The van der Waals surface area contributed by atoms with Crippen LogP contribution in [0.15, 0.2) is 293 Å². The summed E-state index contributed by atoms with van der Waals surface area (Å²) in [6.07, 6.45) is 16.7. The zero-order valence-electron chi connectivity index (χ0n) is 59.2. The molecule has 6 heterocycles. The van der Waals surface area contributed by atoms with Gasteiger partial charge >= 0.3 is 0 Å². The number of hydrogen-bond donors (Lipinski definition) is 0. The third-order valence-corrected chi connectivity index (χ3v) is 18.2. The summed E-state index contributed by atoms with van der Waals surface area (Å²) in [5, 5.41) is 8.67. The molecular weight excluding hydrogens is 2200 g/mol. The Morgan fingerprint density at radius 3 is 1.18 bits per heavy atom. The van der Waals surface area contributed by atoms with Gasteiger partial charge in [0.15, 0.2) is 0 Å². The van der Waals surface area contributed by atoms with Crippen LogP contribution in [0.25, 0.3) is 118 Å². The van der Waals surface area contributed by atoms with Crippen molar-refractivity contribution < 1.29 is 101 Å². The average Bonchev–Trinajstić information content (AvgIpc) is 1.59. The minimum absolute atomic E-state index is 0. The molecule has 13 nitrogen and oxygen atoms in total. The second-order valence-corrected chi connectivity index (χ2v) is 25.9. The Balaban J connectivity index is 0.000000152. The molecule has 2 aliphatic rings. The molecule has 10 aromatic carbocycles. The molecule has 0 fully saturated rings. The van der Waals surface area contributed by atoms with Gasteiger partial charge in [0.05, 0.1) is 36.3 Å². The van der Waals surface area contributed by atoms with Gasteiger partial charge in [-0.25, -0.2) is 10.2 Å². The number of pyridine rings is 1. The molecule has 0 bridgehead atoms. The molecule has 0 aliphatic heterocycles. The van der Waals surface area contributed by atoms with E-state index >= 15 is 0 Å². The van der Waals surface area contributed by atoms with Crippen LogP contribution in [0.5, 0.6) is 0 Å². The van der Waals surface area contributed by atoms with E-state index in [2.05, 4.69) is 232 Å². The molecule has 6 aromatic heterocycles. The van der Waals surface area contributed by atoms with Crippen molar-refractivity contribution in [2.24, 2.45) is 28.2 Å². The van der Waals surface area contributed by atoms with Gasteiger partial charge in [-0.2, -0.15) is 0 Å². The van der Waals surface area contributed by atoms with E-state index in [4.69, 9.17) is 0 Å². The van der Waals surface area contributed by atoms with Crippen LogP contribution in [0.4, 0.5) is 0 Å². The number of benzene rings is 10. The van der Waals surface area contributed by atoms with Crippen molar-refractivity contribution in [3.8, 4) is 118 Å². The SMILES string of the molecule is Cn1cnc(-c2[c-]cc3c(c2)C(C)(C)c2ccccc2-3)c1.Cn1cnc(-c2[c-]cc3c(c2)C(C)(C)c2ccccc2-3)n1.Cn1cnc(-c2[c-]ccc(-c3ccccc3)c2)c1.Cn1cnc(-c2[c-]ccc(-c3ccccc3)c2)n1.[Ir].[Ir].[Ir].[Ir].[Pt].[c-]1ccc(-c2ccccn2)cc1-c1cn(-c2ccccc2)cn1. The van der Waals surface area contributed by atoms with Crippen molar-refractivity contribution in [1.29, 1.82) is 0 Å². The first kappa shape index (κ1) is 80.6. The molecule has 0 N–H and O–H groups in total. The van der Waals surface area contributed by atoms with E-state index in [0.29, 0.717) is 5.82 Å². The summed E-state index contributed by atoms with van der Waals surface area (Å²) in [4.78, 5) is 26.3. The third kappa shape index (κ3) is 18.1. The van der Waals surface area contributed by atoms with Gasteiger partial charge in [-0.3, -0.25) is 39.3 Å². The summed E-state index contributed by atoms with van der Waals surface area (Å²) in [5.74, 6) is 1.43. The van der Waals surface area contributed by atoms with Crippen LogP contribution in [0.2, 0.25) is 0 Å². The fourth-order valence-corrected chi connectivity index (χ4v) is 12.9. The number of aromatic nitrogens is 13. The van der Waals surface area contributed by atoms with Gasteiger partial charge in [0.1, 0.15) is 12.7 Å². The minimum atomic E-state index is 0. The second kappa shape index (κ2) is 36.2. The van der Waals surface area contributed by atoms with Crippen LogP contribution in [0.1, 0.15) is 49.9 Å². The first-order valence-corrected chi connectivity index (χ1v) is 33.4. The molecule has 4 radical (unpaired) electrons. The molecule has 0 saturated carbocycles. The summed E-state index contributed by atoms with van der Waals surface area (Å²) in [5.41, 5.74) is 26.3. The van der Waals surface area contributed by atoms with Crippen molar-refractivity contribution in [2.75, 3.05) is 0 Å². The maximum Gasteiger partial charge on any atom is 0.102 e. The maximum atomic E-state index is 4.51. The quantitative estimate of drug-likeness (QED) is 0.131. The summed E-state index contributed by atoms with van der Waals surface area (Å²) >= 11 is 0. The van der Waals surface area contributed by atoms with Crippen molar-refractivity contribution in [1.82, 2.24) is 63.2 Å². The van der Waals surface area contributed by atoms with Crippen LogP contribution in [-0.4, -0.2) is 63.2 Å². The Hall–Kier alpha value is -9.45. The van der Waals surface area contributed by atoms with Crippen molar-refractivity contribution in [2.45, 2.75) is 38.5 Å². The van der Waals surface area contributed by atoms with Gasteiger partial charge < -0.3 is 13.7 Å². The Kier molecular flexibility index (Phi) is 27.6. The number of rotatable bonds is 9. The molecule has 2 aliphatic carbocycles. The normalized spacial score (nSPS) is 11.7. The van der Waals surface area contributed by atoms with Crippen LogP contribution in [0.3, 0.4) is 0 Å². The molecule has 0 saturated heterocycles. The summed E-state index contributed by atoms with van der Waals surface area (Å²) in [6, 6.07) is 97.1. The molecule has 106 heavy (non-hydrogen) atoms. The smallest absolute Gasteiger partial charge is 0.102 e. The fraction of sp³-hybridized carbons (Fsp3) is 0.114. The molecule has 0 amide bonds. The Morgan fingerprint density at radius 2 is 0.708 bits per heavy atom. The zero-order chi connectivity index (χ0) is 69.5. The topological polar surface area (TPSA) is 128 Å². The first-order chi connectivity index (χ1) is 49.2. The van der Waals surface area contributed by atoms with E-state index < -0.39 is 0 Å². The third-order valence-electron chi connectivity index (χ3n) is 18.2. The minimum Gasteiger partial charge on any atom is -0.350 e. The summed E-state index contributed by atoms with van der Waals surface area (Å²) < 4.78 is 9.33. The van der Waals surface area contributed by atoms with E-state index in [1.54, 1.807) is 34.5 Å². The maximum absolute atomic E-state index is 4.51. The predicted octanol–water partition coefficient (Wildman–Crippen LogP) is 18.7. The number of hydrogen-bond acceptors (Lipinski definition) is 8. The van der Waals surface area contributed by atoms with Gasteiger partial charge in [0, 0.05) is 159 Å². The molecular formula is C88H72Ir4N13Pt-5. The molecule has 0 unspecified atom stereocenters. The van der Waals surface area contributed by atoms with Crippen LogP contribution in [0, 0.1) is 30.3 Å². The zero-order valence-corrected chi connectivity index (χ0v) is 71.0. The molecule has 18 rings (SSSR count). The standard InChI is InChI=1S/C20H14N3.C19H17N2.C18H16N3.C16H13N2.C15H12N3.4Ir.Pt/c1-2-9-18(10-3-1)23-14-20(22-15-23)17-8-6-7-16(13-17)19-11-4-5-12-21-19;1-19(2)16-7-5-4-6-14(16)15-9-8-13(10-17(15)19)18-11-21(3)12-20-18;1-18(2)15-7-5-4-6-13(15)14-9-8-12(10-16(14)18)17-19-11-21(3)20-17;1-18-11-16(17-12-18)15-9-5-8-14(10-15)13-6-3-2-4-7-13;1-18-11-16-15(17-18)14-9-5-8-13(10-14)12-6-3-2-4-7-12;;;;;/h1-7,9-15H;4-7,9-12H,1-3H3;4-7,9-11H,1-3H3;2-8,10-12H,1H3;2-8,10-11H,1H3;;;;;/q5*-1;;;;;. The van der Waals surface area contributed by atoms with Crippen molar-refractivity contribution in [3.63, 3.8) is 0 Å². The molecule has 0 spiro atoms. The number of fused-ring (bicyclic) bond motifs is 6. The number of aryl methyl sites for hydroxylation is 4. The number of imidazole rings is 3. The van der Waals surface area contributed by atoms with Gasteiger partial charge in [0.25, 0.3) is 0 Å². The summed E-state index contributed by atoms with van der Waals surface area (Å²) in [6.45, 7) is 9.13.